The number of imide groups is 1. The Morgan fingerprint density at radius 2 is 0.926 bits per heavy atom. The average molecular weight is 697 g/mol. The molecule has 0 bridgehead atoms. The molecular formula is C46H28N6O2. The normalized spacial score (nSPS) is 12.5. The third kappa shape index (κ3) is 5.00. The van der Waals surface area contributed by atoms with E-state index in [-0.39, 0.29) is 11.8 Å². The van der Waals surface area contributed by atoms with Gasteiger partial charge < -0.3 is 4.57 Å². The molecule has 0 aliphatic carbocycles. The highest BCUT2D eigenvalue weighted by atomic mass is 16.2. The van der Waals surface area contributed by atoms with Crippen LogP contribution in [0.2, 0.25) is 0 Å². The number of fused-ring (bicyclic) bond motifs is 4. The van der Waals surface area contributed by atoms with E-state index in [9.17, 15) is 9.59 Å². The molecule has 0 saturated heterocycles. The minimum Gasteiger partial charge on any atom is -0.308 e. The highest BCUT2D eigenvalue weighted by Crippen LogP contribution is 2.43. The van der Waals surface area contributed by atoms with Crippen molar-refractivity contribution in [2.75, 3.05) is 4.90 Å². The molecule has 10 rings (SSSR count). The van der Waals surface area contributed by atoms with E-state index < -0.39 is 0 Å². The van der Waals surface area contributed by atoms with Crippen molar-refractivity contribution < 1.29 is 9.59 Å². The maximum absolute atomic E-state index is 15.0. The van der Waals surface area contributed by atoms with Gasteiger partial charge in [0.05, 0.1) is 33.5 Å². The molecular weight excluding hydrogens is 669 g/mol. The fourth-order valence-corrected chi connectivity index (χ4v) is 7.60. The maximum Gasteiger partial charge on any atom is 0.268 e. The summed E-state index contributed by atoms with van der Waals surface area (Å²) in [6, 6.07) is 43.8. The third-order valence-electron chi connectivity index (χ3n) is 10.1. The molecule has 4 heterocycles. The largest absolute Gasteiger partial charge is 0.308 e. The van der Waals surface area contributed by atoms with E-state index in [0.29, 0.717) is 22.5 Å². The number of aromatic nitrogens is 5. The van der Waals surface area contributed by atoms with Gasteiger partial charge in [0.1, 0.15) is 12.7 Å². The van der Waals surface area contributed by atoms with Crippen LogP contribution < -0.4 is 4.90 Å². The van der Waals surface area contributed by atoms with Crippen LogP contribution in [0.15, 0.2) is 171 Å². The minimum absolute atomic E-state index is 0.353. The number of anilines is 1. The maximum atomic E-state index is 15.0. The lowest BCUT2D eigenvalue weighted by atomic mass is 9.97. The number of nitrogens with zero attached hydrogens (tertiary/aromatic N) is 6. The summed E-state index contributed by atoms with van der Waals surface area (Å²) in [5.41, 5.74) is 10.9. The molecule has 0 radical (unpaired) electrons. The Morgan fingerprint density at radius 3 is 1.52 bits per heavy atom. The molecule has 3 aromatic heterocycles. The van der Waals surface area contributed by atoms with Crippen LogP contribution in [0.3, 0.4) is 0 Å². The summed E-state index contributed by atoms with van der Waals surface area (Å²) < 4.78 is 2.09. The second-order valence-corrected chi connectivity index (χ2v) is 13.2. The van der Waals surface area contributed by atoms with E-state index in [0.717, 1.165) is 66.3 Å². The van der Waals surface area contributed by atoms with Gasteiger partial charge in [0, 0.05) is 52.3 Å². The Kier molecular flexibility index (Phi) is 7.26. The summed E-state index contributed by atoms with van der Waals surface area (Å²) in [4.78, 5) is 47.8. The first kappa shape index (κ1) is 31.2. The Hall–Kier alpha value is -7.58. The molecule has 9 aromatic rings. The topological polar surface area (TPSA) is 93.9 Å². The van der Waals surface area contributed by atoms with Crippen LogP contribution in [0.5, 0.6) is 0 Å². The zero-order chi connectivity index (χ0) is 36.2. The zero-order valence-corrected chi connectivity index (χ0v) is 28.7. The zero-order valence-electron chi connectivity index (χ0n) is 28.7. The van der Waals surface area contributed by atoms with Crippen molar-refractivity contribution in [3.8, 4) is 50.2 Å². The number of benzene rings is 6. The molecule has 0 saturated carbocycles. The smallest absolute Gasteiger partial charge is 0.268 e. The number of hydrogen-bond donors (Lipinski definition) is 0. The average Bonchev–Trinajstić information content (AvgIpc) is 3.71. The Bertz CT molecular complexity index is 2810. The standard InChI is InChI=1S/C46H28N6O2/c53-45-37-12-7-13-42(44(37)46(54)52(45)43-22-33(29-8-3-1-4-9-29)14-17-36(43)30-10-5-2-6-11-30)51-40-18-15-31(34-23-47-27-48-24-34)20-38(40)39-21-32(16-19-41(39)51)35-25-49-28-50-26-35/h1-28H. The number of carbonyl (C=O) groups excluding carboxylic acids is 2. The predicted octanol–water partition coefficient (Wildman–Crippen LogP) is 9.83. The first-order valence-corrected chi connectivity index (χ1v) is 17.5. The van der Waals surface area contributed by atoms with Crippen LogP contribution in [0.4, 0.5) is 5.69 Å². The summed E-state index contributed by atoms with van der Waals surface area (Å²) in [6.45, 7) is 0. The molecule has 54 heavy (non-hydrogen) atoms. The van der Waals surface area contributed by atoms with Crippen LogP contribution >= 0.6 is 0 Å². The van der Waals surface area contributed by atoms with Gasteiger partial charge in [-0.2, -0.15) is 0 Å². The van der Waals surface area contributed by atoms with Crippen molar-refractivity contribution in [3.05, 3.63) is 182 Å². The fourth-order valence-electron chi connectivity index (χ4n) is 7.60. The van der Waals surface area contributed by atoms with Gasteiger partial charge in [0.25, 0.3) is 11.8 Å². The molecule has 1 aliphatic rings. The van der Waals surface area contributed by atoms with Gasteiger partial charge >= 0.3 is 0 Å². The molecule has 0 spiro atoms. The highest BCUT2D eigenvalue weighted by molar-refractivity contribution is 6.36. The SMILES string of the molecule is O=C1c2cccc(-n3c4ccc(-c5cncnc5)cc4c4cc(-c5cncnc5)ccc43)c2C(=O)N1c1cc(-c2ccccc2)ccc1-c1ccccc1. The van der Waals surface area contributed by atoms with E-state index in [2.05, 4.69) is 48.8 Å². The Morgan fingerprint density at radius 1 is 0.389 bits per heavy atom. The van der Waals surface area contributed by atoms with E-state index in [1.165, 1.54) is 17.6 Å². The molecule has 0 unspecified atom stereocenters. The Balaban J connectivity index is 1.18. The van der Waals surface area contributed by atoms with E-state index in [1.54, 1.807) is 30.9 Å². The third-order valence-corrected chi connectivity index (χ3v) is 10.1. The number of amides is 2. The highest BCUT2D eigenvalue weighted by Gasteiger charge is 2.40. The monoisotopic (exact) mass is 696 g/mol. The molecule has 8 heteroatoms. The van der Waals surface area contributed by atoms with Crippen LogP contribution in [-0.2, 0) is 0 Å². The van der Waals surface area contributed by atoms with Crippen molar-refractivity contribution in [1.82, 2.24) is 24.5 Å². The summed E-state index contributed by atoms with van der Waals surface area (Å²) in [5.74, 6) is -0.739. The van der Waals surface area contributed by atoms with Gasteiger partial charge in [0.2, 0.25) is 0 Å². The Labute approximate surface area is 309 Å². The molecule has 8 nitrogen and oxygen atoms in total. The molecule has 0 atom stereocenters. The van der Waals surface area contributed by atoms with Gasteiger partial charge in [-0.15, -0.1) is 0 Å². The first-order chi connectivity index (χ1) is 26.6. The minimum atomic E-state index is -0.376. The van der Waals surface area contributed by atoms with Gasteiger partial charge in [-0.3, -0.25) is 9.59 Å². The van der Waals surface area contributed by atoms with Gasteiger partial charge in [-0.05, 0) is 70.3 Å². The number of carbonyl (C=O) groups is 2. The van der Waals surface area contributed by atoms with E-state index in [4.69, 9.17) is 0 Å². The van der Waals surface area contributed by atoms with E-state index in [1.807, 2.05) is 103 Å². The van der Waals surface area contributed by atoms with Crippen LogP contribution in [0.1, 0.15) is 20.7 Å². The second-order valence-electron chi connectivity index (χ2n) is 13.2. The number of hydrogen-bond acceptors (Lipinski definition) is 6. The van der Waals surface area contributed by atoms with Crippen molar-refractivity contribution in [2.24, 2.45) is 0 Å². The fraction of sp³-hybridized carbons (Fsp3) is 0. The van der Waals surface area contributed by atoms with Gasteiger partial charge in [-0.1, -0.05) is 91.0 Å². The molecule has 254 valence electrons. The van der Waals surface area contributed by atoms with Crippen molar-refractivity contribution in [1.29, 1.82) is 0 Å². The molecule has 1 aliphatic heterocycles. The van der Waals surface area contributed by atoms with Crippen molar-refractivity contribution in [2.45, 2.75) is 0 Å². The summed E-state index contributed by atoms with van der Waals surface area (Å²) in [7, 11) is 0. The summed E-state index contributed by atoms with van der Waals surface area (Å²) >= 11 is 0. The summed E-state index contributed by atoms with van der Waals surface area (Å²) in [5, 5.41) is 1.94. The molecule has 6 aromatic carbocycles. The lowest BCUT2D eigenvalue weighted by Gasteiger charge is -2.20. The lowest BCUT2D eigenvalue weighted by Crippen LogP contribution is -2.30. The molecule has 2 amide bonds. The quantitative estimate of drug-likeness (QED) is 0.161. The predicted molar refractivity (Wildman–Crippen MR) is 211 cm³/mol. The first-order valence-electron chi connectivity index (χ1n) is 17.5. The number of rotatable bonds is 6. The summed E-state index contributed by atoms with van der Waals surface area (Å²) in [6.07, 6.45) is 10.2. The van der Waals surface area contributed by atoms with Gasteiger partial charge in [-0.25, -0.2) is 24.8 Å². The molecule has 0 N–H and O–H groups in total. The second kappa shape index (κ2) is 12.6. The van der Waals surface area contributed by atoms with E-state index >= 15 is 0 Å². The van der Waals surface area contributed by atoms with Gasteiger partial charge in [0.15, 0.2) is 0 Å². The van der Waals surface area contributed by atoms with Crippen molar-refractivity contribution in [3.63, 3.8) is 0 Å². The van der Waals surface area contributed by atoms with Crippen LogP contribution in [-0.4, -0.2) is 36.3 Å². The molecule has 0 fully saturated rings. The van der Waals surface area contributed by atoms with Crippen LogP contribution in [0, 0.1) is 0 Å². The lowest BCUT2D eigenvalue weighted by molar-refractivity contribution is 0.0926. The van der Waals surface area contributed by atoms with Crippen molar-refractivity contribution >= 4 is 39.3 Å². The van der Waals surface area contributed by atoms with Crippen LogP contribution in [0.25, 0.3) is 72.0 Å².